The largest absolute Gasteiger partial charge is 0.478 e. The number of anilines is 1. The number of nitrogens with zero attached hydrogens (tertiary/aromatic N) is 1. The summed E-state index contributed by atoms with van der Waals surface area (Å²) in [5.74, 6) is -1.58. The molecule has 1 rings (SSSR count). The first-order valence-corrected chi connectivity index (χ1v) is 6.06. The summed E-state index contributed by atoms with van der Waals surface area (Å²) >= 11 is 3.12. The molecule has 0 spiro atoms. The van der Waals surface area contributed by atoms with Gasteiger partial charge in [0.2, 0.25) is 5.91 Å². The predicted octanol–water partition coefficient (Wildman–Crippen LogP) is 2.21. The maximum Gasteiger partial charge on any atom is 0.339 e. The fraction of sp³-hybridized carbons (Fsp3) is 0.222. The minimum Gasteiger partial charge on any atom is -0.478 e. The van der Waals surface area contributed by atoms with E-state index in [4.69, 9.17) is 10.4 Å². The van der Waals surface area contributed by atoms with E-state index in [1.54, 1.807) is 13.0 Å². The van der Waals surface area contributed by atoms with E-state index in [0.29, 0.717) is 3.57 Å². The lowest BCUT2D eigenvalue weighted by Crippen LogP contribution is -2.12. The highest BCUT2D eigenvalue weighted by Gasteiger charge is 2.21. The topological polar surface area (TPSA) is 90.2 Å². The first-order chi connectivity index (χ1) is 7.47. The van der Waals surface area contributed by atoms with Gasteiger partial charge in [-0.1, -0.05) is 0 Å². The number of nitrogens with one attached hydrogen (secondary N) is 1. The Morgan fingerprint density at radius 2 is 2.25 bits per heavy atom. The Bertz CT molecular complexity index is 490. The number of nitriles is 1. The zero-order valence-electron chi connectivity index (χ0n) is 8.20. The molecule has 0 fully saturated rings. The Labute approximate surface area is 109 Å². The monoisotopic (exact) mass is 350 g/mol. The minimum atomic E-state index is -1.08. The molecule has 0 saturated carbocycles. The molecule has 1 heterocycles. The quantitative estimate of drug-likeness (QED) is 0.818. The van der Waals surface area contributed by atoms with Crippen molar-refractivity contribution < 1.29 is 14.7 Å². The summed E-state index contributed by atoms with van der Waals surface area (Å²) < 4.78 is 0.613. The van der Waals surface area contributed by atoms with Gasteiger partial charge in [-0.2, -0.15) is 5.26 Å². The maximum atomic E-state index is 11.2. The van der Waals surface area contributed by atoms with Gasteiger partial charge in [-0.3, -0.25) is 4.79 Å². The molecule has 0 radical (unpaired) electrons. The van der Waals surface area contributed by atoms with Crippen LogP contribution in [0.3, 0.4) is 0 Å². The first-order valence-electron chi connectivity index (χ1n) is 4.16. The number of hydrogen-bond acceptors (Lipinski definition) is 4. The van der Waals surface area contributed by atoms with Gasteiger partial charge >= 0.3 is 5.97 Å². The van der Waals surface area contributed by atoms with Crippen LogP contribution in [0, 0.1) is 21.8 Å². The van der Waals surface area contributed by atoms with Crippen molar-refractivity contribution >= 4 is 50.8 Å². The van der Waals surface area contributed by atoms with Gasteiger partial charge in [-0.25, -0.2) is 4.79 Å². The molecule has 84 valence electrons. The smallest absolute Gasteiger partial charge is 0.339 e. The predicted molar refractivity (Wildman–Crippen MR) is 67.6 cm³/mol. The SMILES string of the molecule is Cc1sc(NC(=O)CC#N)c(C(=O)O)c1I. The van der Waals surface area contributed by atoms with Crippen LogP contribution >= 0.6 is 33.9 Å². The molecule has 1 aromatic heterocycles. The Kier molecular flexibility index (Phi) is 4.26. The van der Waals surface area contributed by atoms with Gasteiger partial charge in [0.25, 0.3) is 0 Å². The molecule has 2 N–H and O–H groups in total. The summed E-state index contributed by atoms with van der Waals surface area (Å²) in [5.41, 5.74) is 0.0920. The van der Waals surface area contributed by atoms with E-state index in [1.807, 2.05) is 22.6 Å². The van der Waals surface area contributed by atoms with Gasteiger partial charge in [0.1, 0.15) is 17.0 Å². The van der Waals surface area contributed by atoms with E-state index in [2.05, 4.69) is 5.32 Å². The number of halogens is 1. The summed E-state index contributed by atoms with van der Waals surface area (Å²) in [4.78, 5) is 23.0. The van der Waals surface area contributed by atoms with Crippen LogP contribution < -0.4 is 5.32 Å². The van der Waals surface area contributed by atoms with Crippen molar-refractivity contribution in [2.24, 2.45) is 0 Å². The summed E-state index contributed by atoms with van der Waals surface area (Å²) in [6.45, 7) is 1.78. The number of aromatic carboxylic acids is 1. The van der Waals surface area contributed by atoms with Crippen molar-refractivity contribution in [3.05, 3.63) is 14.0 Å². The van der Waals surface area contributed by atoms with E-state index in [1.165, 1.54) is 11.3 Å². The van der Waals surface area contributed by atoms with E-state index < -0.39 is 11.9 Å². The molecule has 0 aromatic carbocycles. The van der Waals surface area contributed by atoms with Crippen LogP contribution in [0.2, 0.25) is 0 Å². The fourth-order valence-corrected chi connectivity index (χ4v) is 3.01. The zero-order chi connectivity index (χ0) is 12.3. The average Bonchev–Trinajstić information content (AvgIpc) is 2.42. The second-order valence-electron chi connectivity index (χ2n) is 2.86. The highest BCUT2D eigenvalue weighted by molar-refractivity contribution is 14.1. The van der Waals surface area contributed by atoms with Gasteiger partial charge in [0, 0.05) is 8.45 Å². The van der Waals surface area contributed by atoms with Crippen molar-refractivity contribution in [2.75, 3.05) is 5.32 Å². The van der Waals surface area contributed by atoms with Crippen molar-refractivity contribution in [1.29, 1.82) is 5.26 Å². The highest BCUT2D eigenvalue weighted by atomic mass is 127. The van der Waals surface area contributed by atoms with Gasteiger partial charge in [0.15, 0.2) is 0 Å². The molecule has 0 aliphatic heterocycles. The van der Waals surface area contributed by atoms with Crippen molar-refractivity contribution in [1.82, 2.24) is 0 Å². The lowest BCUT2D eigenvalue weighted by atomic mass is 10.3. The molecule has 1 aromatic rings. The number of thiophene rings is 1. The molecule has 1 amide bonds. The molecule has 0 atom stereocenters. The second kappa shape index (κ2) is 5.27. The number of carboxylic acid groups (broad SMARTS) is 1. The van der Waals surface area contributed by atoms with Crippen molar-refractivity contribution in [2.45, 2.75) is 13.3 Å². The van der Waals surface area contributed by atoms with E-state index in [9.17, 15) is 9.59 Å². The molecule has 16 heavy (non-hydrogen) atoms. The van der Waals surface area contributed by atoms with Gasteiger partial charge in [0.05, 0.1) is 6.07 Å². The van der Waals surface area contributed by atoms with E-state index in [0.717, 1.165) is 4.88 Å². The molecule has 0 unspecified atom stereocenters. The van der Waals surface area contributed by atoms with Crippen LogP contribution in [0.15, 0.2) is 0 Å². The van der Waals surface area contributed by atoms with Crippen LogP contribution in [-0.4, -0.2) is 17.0 Å². The number of hydrogen-bond donors (Lipinski definition) is 2. The Hall–Kier alpha value is -1.14. The zero-order valence-corrected chi connectivity index (χ0v) is 11.2. The first kappa shape index (κ1) is 12.9. The number of rotatable bonds is 3. The number of carbonyl (C=O) groups is 2. The summed E-state index contributed by atoms with van der Waals surface area (Å²) in [6.07, 6.45) is -0.285. The molecule has 0 bridgehead atoms. The molecule has 0 aliphatic rings. The summed E-state index contributed by atoms with van der Waals surface area (Å²) in [6, 6.07) is 1.70. The third kappa shape index (κ3) is 2.70. The number of carbonyl (C=O) groups excluding carboxylic acids is 1. The molecule has 0 aliphatic carbocycles. The van der Waals surface area contributed by atoms with Crippen LogP contribution in [0.5, 0.6) is 0 Å². The third-order valence-corrected chi connectivity index (χ3v) is 4.45. The molecule has 7 heteroatoms. The Morgan fingerprint density at radius 1 is 1.62 bits per heavy atom. The van der Waals surface area contributed by atoms with Crippen LogP contribution in [0.25, 0.3) is 0 Å². The van der Waals surface area contributed by atoms with Crippen LogP contribution in [0.4, 0.5) is 5.00 Å². The molecular formula is C9H7IN2O3S. The third-order valence-electron chi connectivity index (χ3n) is 1.72. The van der Waals surface area contributed by atoms with Crippen molar-refractivity contribution in [3.8, 4) is 6.07 Å². The van der Waals surface area contributed by atoms with E-state index in [-0.39, 0.29) is 17.0 Å². The number of amides is 1. The number of carboxylic acids is 1. The minimum absolute atomic E-state index is 0.0920. The highest BCUT2D eigenvalue weighted by Crippen LogP contribution is 2.33. The number of aryl methyl sites for hydroxylation is 1. The van der Waals surface area contributed by atoms with Crippen LogP contribution in [0.1, 0.15) is 21.7 Å². The Balaban J connectivity index is 3.06. The second-order valence-corrected chi connectivity index (χ2v) is 5.17. The van der Waals surface area contributed by atoms with E-state index >= 15 is 0 Å². The lowest BCUT2D eigenvalue weighted by molar-refractivity contribution is -0.115. The van der Waals surface area contributed by atoms with Crippen LogP contribution in [-0.2, 0) is 4.79 Å². The molecule has 0 saturated heterocycles. The fourth-order valence-electron chi connectivity index (χ4n) is 1.05. The summed E-state index contributed by atoms with van der Waals surface area (Å²) in [7, 11) is 0. The molecule has 5 nitrogen and oxygen atoms in total. The van der Waals surface area contributed by atoms with Gasteiger partial charge < -0.3 is 10.4 Å². The summed E-state index contributed by atoms with van der Waals surface area (Å²) in [5, 5.41) is 20.0. The van der Waals surface area contributed by atoms with Gasteiger partial charge in [-0.15, -0.1) is 11.3 Å². The van der Waals surface area contributed by atoms with Crippen molar-refractivity contribution in [3.63, 3.8) is 0 Å². The normalized spacial score (nSPS) is 9.56. The maximum absolute atomic E-state index is 11.2. The standard InChI is InChI=1S/C9H7IN2O3S/c1-4-7(10)6(9(14)15)8(16-4)12-5(13)2-3-11/h2H2,1H3,(H,12,13)(H,14,15). The molecular weight excluding hydrogens is 343 g/mol. The average molecular weight is 350 g/mol. The Morgan fingerprint density at radius 3 is 2.75 bits per heavy atom. The lowest BCUT2D eigenvalue weighted by Gasteiger charge is -2.00. The van der Waals surface area contributed by atoms with Gasteiger partial charge in [-0.05, 0) is 29.5 Å².